The third kappa shape index (κ3) is 4.80. The minimum absolute atomic E-state index is 0.0183. The third-order valence-electron chi connectivity index (χ3n) is 4.41. The second-order valence-electron chi connectivity index (χ2n) is 6.23. The van der Waals surface area contributed by atoms with Gasteiger partial charge in [0.15, 0.2) is 12.6 Å². The summed E-state index contributed by atoms with van der Waals surface area (Å²) in [5.41, 5.74) is 1.14. The van der Waals surface area contributed by atoms with Gasteiger partial charge in [0.25, 0.3) is 0 Å². The van der Waals surface area contributed by atoms with Gasteiger partial charge in [-0.05, 0) is 24.8 Å². The van der Waals surface area contributed by atoms with Gasteiger partial charge in [-0.15, -0.1) is 0 Å². The molecule has 1 saturated heterocycles. The first kappa shape index (κ1) is 17.5. The summed E-state index contributed by atoms with van der Waals surface area (Å²) < 4.78 is 11.9. The zero-order chi connectivity index (χ0) is 15.8. The molecule has 3 nitrogen and oxygen atoms in total. The maximum Gasteiger partial charge on any atom is 0.163 e. The normalized spacial score (nSPS) is 28.7. The van der Waals surface area contributed by atoms with Gasteiger partial charge in [0.2, 0.25) is 0 Å². The Morgan fingerprint density at radius 1 is 0.909 bits per heavy atom. The second kappa shape index (κ2) is 9.29. The van der Waals surface area contributed by atoms with Crippen LogP contribution in [0.5, 0.6) is 0 Å². The molecule has 0 bridgehead atoms. The van der Waals surface area contributed by atoms with E-state index in [0.29, 0.717) is 0 Å². The van der Waals surface area contributed by atoms with E-state index in [2.05, 4.69) is 26.0 Å². The summed E-state index contributed by atoms with van der Waals surface area (Å²) in [5.74, 6) is 0.0183. The first-order valence-corrected chi connectivity index (χ1v) is 8.80. The van der Waals surface area contributed by atoms with E-state index in [-0.39, 0.29) is 18.3 Å². The van der Waals surface area contributed by atoms with E-state index in [1.165, 1.54) is 12.8 Å². The van der Waals surface area contributed by atoms with Gasteiger partial charge in [-0.25, -0.2) is 0 Å². The van der Waals surface area contributed by atoms with Crippen LogP contribution < -0.4 is 0 Å². The summed E-state index contributed by atoms with van der Waals surface area (Å²) in [5, 5.41) is 10.5. The number of rotatable bonds is 8. The van der Waals surface area contributed by atoms with Gasteiger partial charge in [-0.2, -0.15) is 0 Å². The molecule has 1 fully saturated rings. The molecule has 1 aromatic rings. The third-order valence-corrected chi connectivity index (χ3v) is 4.41. The van der Waals surface area contributed by atoms with Gasteiger partial charge in [0.05, 0.1) is 6.10 Å². The van der Waals surface area contributed by atoms with E-state index in [9.17, 15) is 5.11 Å². The molecule has 3 heteroatoms. The first-order chi connectivity index (χ1) is 10.8. The lowest BCUT2D eigenvalue weighted by molar-refractivity contribution is -0.326. The highest BCUT2D eigenvalue weighted by Gasteiger charge is 2.38. The number of benzene rings is 1. The molecule has 0 amide bonds. The Kier molecular flexibility index (Phi) is 7.37. The van der Waals surface area contributed by atoms with Crippen molar-refractivity contribution in [2.45, 2.75) is 77.5 Å². The monoisotopic (exact) mass is 306 g/mol. The molecule has 1 aromatic carbocycles. The van der Waals surface area contributed by atoms with Crippen molar-refractivity contribution >= 4 is 0 Å². The van der Waals surface area contributed by atoms with E-state index in [4.69, 9.17) is 9.47 Å². The van der Waals surface area contributed by atoms with Crippen LogP contribution in [0, 0.1) is 5.92 Å². The smallest absolute Gasteiger partial charge is 0.163 e. The number of hydrogen-bond acceptors (Lipinski definition) is 3. The molecule has 4 atom stereocenters. The zero-order valence-electron chi connectivity index (χ0n) is 13.9. The molecule has 1 N–H and O–H groups in total. The van der Waals surface area contributed by atoms with Crippen LogP contribution in [-0.4, -0.2) is 17.7 Å². The second-order valence-corrected chi connectivity index (χ2v) is 6.23. The van der Waals surface area contributed by atoms with Crippen molar-refractivity contribution in [2.24, 2.45) is 5.92 Å². The zero-order valence-corrected chi connectivity index (χ0v) is 13.9. The Hall–Kier alpha value is -0.900. The minimum atomic E-state index is -0.725. The van der Waals surface area contributed by atoms with Gasteiger partial charge in [-0.1, -0.05) is 69.9 Å². The summed E-state index contributed by atoms with van der Waals surface area (Å²) in [7, 11) is 0. The SMILES string of the molecule is CCCCCC1OC(O)C(CCCC)C(c2ccccc2)O1. The summed E-state index contributed by atoms with van der Waals surface area (Å²) >= 11 is 0. The molecule has 4 unspecified atom stereocenters. The molecule has 0 aliphatic carbocycles. The van der Waals surface area contributed by atoms with Gasteiger partial charge in [0.1, 0.15) is 0 Å². The maximum atomic E-state index is 10.5. The Morgan fingerprint density at radius 2 is 1.64 bits per heavy atom. The average molecular weight is 306 g/mol. The van der Waals surface area contributed by atoms with Crippen molar-refractivity contribution in [2.75, 3.05) is 0 Å². The average Bonchev–Trinajstić information content (AvgIpc) is 2.54. The van der Waals surface area contributed by atoms with Crippen molar-refractivity contribution in [3.8, 4) is 0 Å². The van der Waals surface area contributed by atoms with E-state index in [1.807, 2.05) is 18.2 Å². The highest BCUT2D eigenvalue weighted by Crippen LogP contribution is 2.39. The summed E-state index contributed by atoms with van der Waals surface area (Å²) in [6, 6.07) is 10.3. The van der Waals surface area contributed by atoms with E-state index in [1.54, 1.807) is 0 Å². The topological polar surface area (TPSA) is 38.7 Å². The van der Waals surface area contributed by atoms with Gasteiger partial charge in [-0.3, -0.25) is 0 Å². The van der Waals surface area contributed by atoms with Crippen LogP contribution in [0.1, 0.15) is 70.5 Å². The lowest BCUT2D eigenvalue weighted by atomic mass is 9.89. The molecular weight excluding hydrogens is 276 g/mol. The van der Waals surface area contributed by atoms with Gasteiger partial charge < -0.3 is 14.6 Å². The molecule has 124 valence electrons. The molecule has 1 heterocycles. The van der Waals surface area contributed by atoms with Crippen molar-refractivity contribution < 1.29 is 14.6 Å². The van der Waals surface area contributed by atoms with Crippen molar-refractivity contribution in [3.63, 3.8) is 0 Å². The molecule has 0 radical (unpaired) electrons. The van der Waals surface area contributed by atoms with E-state index in [0.717, 1.165) is 37.7 Å². The lowest BCUT2D eigenvalue weighted by Crippen LogP contribution is -2.42. The molecule has 0 spiro atoms. The number of ether oxygens (including phenoxy) is 2. The Balaban J connectivity index is 2.07. The van der Waals surface area contributed by atoms with Crippen molar-refractivity contribution in [3.05, 3.63) is 35.9 Å². The van der Waals surface area contributed by atoms with Crippen LogP contribution in [0.25, 0.3) is 0 Å². The van der Waals surface area contributed by atoms with Gasteiger partial charge >= 0.3 is 0 Å². The van der Waals surface area contributed by atoms with E-state index < -0.39 is 6.29 Å². The van der Waals surface area contributed by atoms with Crippen LogP contribution in [0.4, 0.5) is 0 Å². The molecule has 22 heavy (non-hydrogen) atoms. The fourth-order valence-corrected chi connectivity index (χ4v) is 3.10. The highest BCUT2D eigenvalue weighted by atomic mass is 16.7. The number of aliphatic hydroxyl groups excluding tert-OH is 1. The maximum absolute atomic E-state index is 10.5. The molecule has 0 saturated carbocycles. The van der Waals surface area contributed by atoms with Crippen molar-refractivity contribution in [1.29, 1.82) is 0 Å². The van der Waals surface area contributed by atoms with Crippen molar-refractivity contribution in [1.82, 2.24) is 0 Å². The quantitative estimate of drug-likeness (QED) is 0.701. The number of hydrogen-bond donors (Lipinski definition) is 1. The van der Waals surface area contributed by atoms with Crippen LogP contribution in [0.2, 0.25) is 0 Å². The Bertz CT molecular complexity index is 406. The summed E-state index contributed by atoms with van der Waals surface area (Å²) in [4.78, 5) is 0. The summed E-state index contributed by atoms with van der Waals surface area (Å²) in [6.07, 6.45) is 6.33. The standard InChI is InChI=1S/C19H30O3/c1-3-5-8-14-17-21-18(15-11-9-7-10-12-15)16(13-6-4-2)19(20)22-17/h7,9-12,16-20H,3-6,8,13-14H2,1-2H3. The molecule has 2 rings (SSSR count). The number of unbranched alkanes of at least 4 members (excludes halogenated alkanes) is 3. The highest BCUT2D eigenvalue weighted by molar-refractivity contribution is 5.19. The molecule has 0 aromatic heterocycles. The van der Waals surface area contributed by atoms with Gasteiger partial charge in [0, 0.05) is 5.92 Å². The van der Waals surface area contributed by atoms with Crippen LogP contribution >= 0.6 is 0 Å². The molecule has 1 aliphatic rings. The molecule has 1 aliphatic heterocycles. The fourth-order valence-electron chi connectivity index (χ4n) is 3.10. The fraction of sp³-hybridized carbons (Fsp3) is 0.684. The van der Waals surface area contributed by atoms with E-state index >= 15 is 0 Å². The predicted molar refractivity (Wildman–Crippen MR) is 88.3 cm³/mol. The largest absolute Gasteiger partial charge is 0.367 e. The summed E-state index contributed by atoms with van der Waals surface area (Å²) in [6.45, 7) is 4.35. The van der Waals surface area contributed by atoms with Crippen LogP contribution in [0.15, 0.2) is 30.3 Å². The number of aliphatic hydroxyl groups is 1. The molecular formula is C19H30O3. The minimum Gasteiger partial charge on any atom is -0.367 e. The lowest BCUT2D eigenvalue weighted by Gasteiger charge is -2.40. The Morgan fingerprint density at radius 3 is 2.32 bits per heavy atom. The first-order valence-electron chi connectivity index (χ1n) is 8.80. The van der Waals surface area contributed by atoms with Crippen LogP contribution in [-0.2, 0) is 9.47 Å². The van der Waals surface area contributed by atoms with Crippen LogP contribution in [0.3, 0.4) is 0 Å². The Labute approximate surface area is 134 Å². The predicted octanol–water partition coefficient (Wildman–Crippen LogP) is 4.81.